The molecular weight excluding hydrogens is 380 g/mol. The Morgan fingerprint density at radius 2 is 1.86 bits per heavy atom. The van der Waals surface area contributed by atoms with E-state index in [4.69, 9.17) is 9.47 Å². The van der Waals surface area contributed by atoms with E-state index >= 15 is 0 Å². The Morgan fingerprint density at radius 3 is 2.64 bits per heavy atom. The van der Waals surface area contributed by atoms with E-state index in [1.54, 1.807) is 0 Å². The Labute approximate surface area is 164 Å². The van der Waals surface area contributed by atoms with Gasteiger partial charge in [-0.25, -0.2) is 13.1 Å². The summed E-state index contributed by atoms with van der Waals surface area (Å²) < 4.78 is 36.8. The number of aryl methyl sites for hydroxylation is 1. The minimum absolute atomic E-state index is 0.216. The van der Waals surface area contributed by atoms with Crippen LogP contribution < -0.4 is 19.5 Å². The van der Waals surface area contributed by atoms with Crippen LogP contribution in [-0.2, 0) is 21.2 Å². The second-order valence-corrected chi connectivity index (χ2v) is 8.02. The first kappa shape index (κ1) is 19.9. The van der Waals surface area contributed by atoms with Gasteiger partial charge in [-0.1, -0.05) is 35.9 Å². The molecule has 1 amide bonds. The topological polar surface area (TPSA) is 93.7 Å². The van der Waals surface area contributed by atoms with Gasteiger partial charge in [-0.2, -0.15) is 0 Å². The second-order valence-electron chi connectivity index (χ2n) is 6.37. The zero-order valence-corrected chi connectivity index (χ0v) is 16.3. The van der Waals surface area contributed by atoms with Crippen LogP contribution in [0.2, 0.25) is 0 Å². The maximum atomic E-state index is 12.0. The summed E-state index contributed by atoms with van der Waals surface area (Å²) >= 11 is 0. The normalized spacial score (nSPS) is 13.0. The van der Waals surface area contributed by atoms with Crippen LogP contribution >= 0.6 is 0 Å². The average Bonchev–Trinajstić information content (AvgIpc) is 3.14. The van der Waals surface area contributed by atoms with Crippen molar-refractivity contribution in [1.82, 2.24) is 10.0 Å². The van der Waals surface area contributed by atoms with Crippen LogP contribution in [0.4, 0.5) is 0 Å². The fourth-order valence-electron chi connectivity index (χ4n) is 2.57. The molecule has 1 aliphatic rings. The molecule has 0 atom stereocenters. The third-order valence-corrected chi connectivity index (χ3v) is 5.16. The summed E-state index contributed by atoms with van der Waals surface area (Å²) in [5, 5.41) is 3.74. The van der Waals surface area contributed by atoms with Gasteiger partial charge < -0.3 is 14.8 Å². The minimum Gasteiger partial charge on any atom is -0.454 e. The van der Waals surface area contributed by atoms with E-state index in [0.29, 0.717) is 24.5 Å². The molecule has 0 fully saturated rings. The maximum Gasteiger partial charge on any atom is 0.235 e. The van der Waals surface area contributed by atoms with Crippen molar-refractivity contribution in [2.45, 2.75) is 13.3 Å². The van der Waals surface area contributed by atoms with Crippen molar-refractivity contribution in [2.75, 3.05) is 19.9 Å². The Morgan fingerprint density at radius 1 is 1.11 bits per heavy atom. The minimum atomic E-state index is -3.69. The number of hydrogen-bond acceptors (Lipinski definition) is 5. The molecule has 0 unspecified atom stereocenters. The number of nitrogens with one attached hydrogen (secondary N) is 2. The largest absolute Gasteiger partial charge is 0.454 e. The van der Waals surface area contributed by atoms with Crippen molar-refractivity contribution >= 4 is 22.0 Å². The summed E-state index contributed by atoms with van der Waals surface area (Å²) in [5.41, 5.74) is 2.85. The molecule has 1 heterocycles. The van der Waals surface area contributed by atoms with Gasteiger partial charge in [0.1, 0.15) is 0 Å². The SMILES string of the molecule is Cc1ccc(C=CS(=O)(=O)NCC(=O)NCCc2ccc3c(c2)OCO3)cc1. The number of amides is 1. The molecule has 2 aromatic rings. The number of rotatable bonds is 8. The molecule has 28 heavy (non-hydrogen) atoms. The van der Waals surface area contributed by atoms with Gasteiger partial charge >= 0.3 is 0 Å². The third kappa shape index (κ3) is 5.83. The van der Waals surface area contributed by atoms with Gasteiger partial charge in [0.05, 0.1) is 6.54 Å². The predicted molar refractivity (Wildman–Crippen MR) is 106 cm³/mol. The summed E-state index contributed by atoms with van der Waals surface area (Å²) in [6, 6.07) is 13.0. The van der Waals surface area contributed by atoms with Crippen LogP contribution in [0, 0.1) is 6.92 Å². The van der Waals surface area contributed by atoms with Crippen LogP contribution in [0.1, 0.15) is 16.7 Å². The first-order valence-electron chi connectivity index (χ1n) is 8.81. The van der Waals surface area contributed by atoms with E-state index in [-0.39, 0.29) is 13.3 Å². The number of benzene rings is 2. The number of carbonyl (C=O) groups excluding carboxylic acids is 1. The fourth-order valence-corrected chi connectivity index (χ4v) is 3.33. The summed E-state index contributed by atoms with van der Waals surface area (Å²) in [7, 11) is -3.69. The molecule has 2 aromatic carbocycles. The van der Waals surface area contributed by atoms with Crippen molar-refractivity contribution in [3.63, 3.8) is 0 Å². The highest BCUT2D eigenvalue weighted by molar-refractivity contribution is 7.92. The van der Waals surface area contributed by atoms with Crippen LogP contribution in [0.3, 0.4) is 0 Å². The molecule has 1 aliphatic heterocycles. The molecule has 2 N–H and O–H groups in total. The van der Waals surface area contributed by atoms with Crippen molar-refractivity contribution in [3.05, 3.63) is 64.6 Å². The number of hydrogen-bond donors (Lipinski definition) is 2. The van der Waals surface area contributed by atoms with Crippen molar-refractivity contribution < 1.29 is 22.7 Å². The first-order chi connectivity index (χ1) is 13.4. The summed E-state index contributed by atoms with van der Waals surface area (Å²) in [5.74, 6) is 1.01. The Balaban J connectivity index is 1.41. The van der Waals surface area contributed by atoms with Crippen LogP contribution in [-0.4, -0.2) is 34.2 Å². The van der Waals surface area contributed by atoms with Crippen molar-refractivity contribution in [2.24, 2.45) is 0 Å². The lowest BCUT2D eigenvalue weighted by molar-refractivity contribution is -0.119. The third-order valence-electron chi connectivity index (χ3n) is 4.12. The fraction of sp³-hybridized carbons (Fsp3) is 0.250. The summed E-state index contributed by atoms with van der Waals surface area (Å²) in [6.45, 7) is 2.24. The van der Waals surface area contributed by atoms with Gasteiger partial charge in [-0.05, 0) is 42.7 Å². The van der Waals surface area contributed by atoms with E-state index < -0.39 is 15.9 Å². The predicted octanol–water partition coefficient (Wildman–Crippen LogP) is 1.97. The molecule has 0 saturated heterocycles. The molecule has 0 radical (unpaired) electrons. The van der Waals surface area contributed by atoms with E-state index in [1.807, 2.05) is 49.4 Å². The zero-order chi connectivity index (χ0) is 20.0. The highest BCUT2D eigenvalue weighted by Gasteiger charge is 2.13. The number of carbonyl (C=O) groups is 1. The smallest absolute Gasteiger partial charge is 0.235 e. The summed E-state index contributed by atoms with van der Waals surface area (Å²) in [4.78, 5) is 11.9. The highest BCUT2D eigenvalue weighted by Crippen LogP contribution is 2.32. The van der Waals surface area contributed by atoms with Crippen LogP contribution in [0.5, 0.6) is 11.5 Å². The molecule has 7 nitrogen and oxygen atoms in total. The van der Waals surface area contributed by atoms with Crippen molar-refractivity contribution in [3.8, 4) is 11.5 Å². The summed E-state index contributed by atoms with van der Waals surface area (Å²) in [6.07, 6.45) is 2.09. The van der Waals surface area contributed by atoms with Crippen LogP contribution in [0.15, 0.2) is 47.9 Å². The number of sulfonamides is 1. The van der Waals surface area contributed by atoms with Crippen LogP contribution in [0.25, 0.3) is 6.08 Å². The van der Waals surface area contributed by atoms with Crippen molar-refractivity contribution in [1.29, 1.82) is 0 Å². The van der Waals surface area contributed by atoms with Gasteiger partial charge in [0.15, 0.2) is 11.5 Å². The van der Waals surface area contributed by atoms with E-state index in [0.717, 1.165) is 22.1 Å². The molecule has 0 aliphatic carbocycles. The first-order valence-corrected chi connectivity index (χ1v) is 10.4. The van der Waals surface area contributed by atoms with E-state index in [9.17, 15) is 13.2 Å². The quantitative estimate of drug-likeness (QED) is 0.704. The lowest BCUT2D eigenvalue weighted by Gasteiger charge is -2.07. The molecule has 0 aromatic heterocycles. The van der Waals surface area contributed by atoms with Gasteiger partial charge in [0, 0.05) is 12.0 Å². The van der Waals surface area contributed by atoms with Gasteiger partial charge in [-0.15, -0.1) is 0 Å². The molecule has 3 rings (SSSR count). The maximum absolute atomic E-state index is 12.0. The zero-order valence-electron chi connectivity index (χ0n) is 15.5. The van der Waals surface area contributed by atoms with Gasteiger partial charge in [-0.3, -0.25) is 4.79 Å². The Hall–Kier alpha value is -2.84. The standard InChI is InChI=1S/C20H22N2O5S/c1-15-2-4-16(5-3-15)9-11-28(24,25)22-13-20(23)21-10-8-17-6-7-18-19(12-17)27-14-26-18/h2-7,9,11-12,22H,8,10,13-14H2,1H3,(H,21,23). The molecule has 8 heteroatoms. The Kier molecular flexibility index (Phi) is 6.33. The molecule has 148 valence electrons. The van der Waals surface area contributed by atoms with E-state index in [2.05, 4.69) is 10.0 Å². The average molecular weight is 402 g/mol. The monoisotopic (exact) mass is 402 g/mol. The number of fused-ring (bicyclic) bond motifs is 1. The van der Waals surface area contributed by atoms with Gasteiger partial charge in [0.2, 0.25) is 22.7 Å². The molecular formula is C20H22N2O5S. The van der Waals surface area contributed by atoms with Gasteiger partial charge in [0.25, 0.3) is 0 Å². The highest BCUT2D eigenvalue weighted by atomic mass is 32.2. The number of ether oxygens (including phenoxy) is 2. The second kappa shape index (κ2) is 8.90. The molecule has 0 saturated carbocycles. The Bertz CT molecular complexity index is 969. The lowest BCUT2D eigenvalue weighted by atomic mass is 10.1. The molecule has 0 spiro atoms. The molecule has 0 bridgehead atoms. The lowest BCUT2D eigenvalue weighted by Crippen LogP contribution is -2.36. The van der Waals surface area contributed by atoms with E-state index in [1.165, 1.54) is 6.08 Å².